The van der Waals surface area contributed by atoms with Crippen LogP contribution in [0.1, 0.15) is 40.0 Å². The van der Waals surface area contributed by atoms with Crippen LogP contribution < -0.4 is 5.32 Å². The summed E-state index contributed by atoms with van der Waals surface area (Å²) in [5.41, 5.74) is -0.600. The Kier molecular flexibility index (Phi) is 5.70. The summed E-state index contributed by atoms with van der Waals surface area (Å²) in [5.74, 6) is -1.04. The zero-order valence-electron chi connectivity index (χ0n) is 14.1. The molecule has 2 rings (SSSR count). The molecule has 1 fully saturated rings. The van der Waals surface area contributed by atoms with Gasteiger partial charge in [0.05, 0.1) is 5.69 Å². The number of hydrogen-bond donors (Lipinski definition) is 1. The van der Waals surface area contributed by atoms with Crippen molar-refractivity contribution in [3.8, 4) is 0 Å². The first-order valence-electron chi connectivity index (χ1n) is 7.93. The minimum Gasteiger partial charge on any atom is -0.444 e. The second kappa shape index (κ2) is 7.38. The number of rotatable bonds is 2. The normalized spacial score (nSPS) is 18.2. The Balaban J connectivity index is 2.11. The highest BCUT2D eigenvalue weighted by Gasteiger charge is 2.35. The number of nitrogens with one attached hydrogen (secondary N) is 1. The van der Waals surface area contributed by atoms with Crippen molar-refractivity contribution >= 4 is 29.3 Å². The molecule has 1 aliphatic rings. The van der Waals surface area contributed by atoms with E-state index in [2.05, 4.69) is 5.32 Å². The molecule has 1 saturated heterocycles. The molecule has 0 spiro atoms. The molecule has 24 heavy (non-hydrogen) atoms. The van der Waals surface area contributed by atoms with Gasteiger partial charge < -0.3 is 10.1 Å². The highest BCUT2D eigenvalue weighted by Crippen LogP contribution is 2.23. The van der Waals surface area contributed by atoms with Crippen LogP contribution in [0.15, 0.2) is 18.2 Å². The molecule has 0 aliphatic carbocycles. The molecule has 0 unspecified atom stereocenters. The molecule has 1 heterocycles. The maximum atomic E-state index is 13.9. The fourth-order valence-electron chi connectivity index (χ4n) is 2.55. The number of carbonyl (C=O) groups excluding carboxylic acids is 2. The summed E-state index contributed by atoms with van der Waals surface area (Å²) in [6.45, 7) is 5.75. The molecule has 1 N–H and O–H groups in total. The lowest BCUT2D eigenvalue weighted by Gasteiger charge is -2.35. The van der Waals surface area contributed by atoms with E-state index in [1.807, 2.05) is 0 Å². The smallest absolute Gasteiger partial charge is 0.410 e. The van der Waals surface area contributed by atoms with Gasteiger partial charge >= 0.3 is 6.09 Å². The van der Waals surface area contributed by atoms with Crippen LogP contribution >= 0.6 is 11.6 Å². The van der Waals surface area contributed by atoms with Crippen molar-refractivity contribution in [1.29, 1.82) is 0 Å². The number of amides is 2. The minimum absolute atomic E-state index is 0.0408. The van der Waals surface area contributed by atoms with Crippen LogP contribution in [0.2, 0.25) is 5.02 Å². The molecule has 1 aliphatic heterocycles. The van der Waals surface area contributed by atoms with E-state index in [1.54, 1.807) is 20.8 Å². The first-order valence-corrected chi connectivity index (χ1v) is 8.31. The van der Waals surface area contributed by atoms with Gasteiger partial charge in [-0.3, -0.25) is 9.69 Å². The maximum absolute atomic E-state index is 13.9. The summed E-state index contributed by atoms with van der Waals surface area (Å²) in [4.78, 5) is 26.3. The summed E-state index contributed by atoms with van der Waals surface area (Å²) in [7, 11) is 0. The summed E-state index contributed by atoms with van der Waals surface area (Å²) in [5, 5.41) is 2.78. The van der Waals surface area contributed by atoms with E-state index in [0.29, 0.717) is 13.0 Å². The standard InChI is InChI=1S/C17H22ClFN2O3/c1-17(2,3)24-16(23)21-9-5-4-6-14(21)15(22)20-13-8-7-11(18)10-12(13)19/h7-8,10,14H,4-6,9H2,1-3H3,(H,20,22)/t14-/m0/s1. The van der Waals surface area contributed by atoms with Crippen molar-refractivity contribution < 1.29 is 18.7 Å². The van der Waals surface area contributed by atoms with Gasteiger partial charge in [0, 0.05) is 11.6 Å². The SMILES string of the molecule is CC(C)(C)OC(=O)N1CCCC[C@H]1C(=O)Nc1ccc(Cl)cc1F. The van der Waals surface area contributed by atoms with Crippen molar-refractivity contribution in [2.24, 2.45) is 0 Å². The summed E-state index contributed by atoms with van der Waals surface area (Å²) < 4.78 is 19.2. The molecular formula is C17H22ClFN2O3. The van der Waals surface area contributed by atoms with Crippen LogP contribution in [0.4, 0.5) is 14.9 Å². The number of piperidine rings is 1. The Hall–Kier alpha value is -1.82. The van der Waals surface area contributed by atoms with Gasteiger partial charge in [-0.05, 0) is 58.2 Å². The van der Waals surface area contributed by atoms with Crippen LogP contribution in [0.5, 0.6) is 0 Å². The Labute approximate surface area is 146 Å². The van der Waals surface area contributed by atoms with E-state index in [0.717, 1.165) is 18.9 Å². The molecule has 0 bridgehead atoms. The van der Waals surface area contributed by atoms with Gasteiger partial charge in [-0.15, -0.1) is 0 Å². The Bertz CT molecular complexity index is 631. The average Bonchev–Trinajstić information content (AvgIpc) is 2.48. The number of halogens is 2. The first kappa shape index (κ1) is 18.5. The van der Waals surface area contributed by atoms with E-state index in [9.17, 15) is 14.0 Å². The highest BCUT2D eigenvalue weighted by molar-refractivity contribution is 6.30. The molecule has 7 heteroatoms. The summed E-state index contributed by atoms with van der Waals surface area (Å²) in [6.07, 6.45) is 1.61. The van der Waals surface area contributed by atoms with E-state index in [1.165, 1.54) is 17.0 Å². The molecule has 0 aromatic heterocycles. The molecular weight excluding hydrogens is 335 g/mol. The van der Waals surface area contributed by atoms with Crippen molar-refractivity contribution in [2.75, 3.05) is 11.9 Å². The third-order valence-corrected chi connectivity index (χ3v) is 3.86. The number of hydrogen-bond acceptors (Lipinski definition) is 3. The fraction of sp³-hybridized carbons (Fsp3) is 0.529. The Morgan fingerprint density at radius 2 is 2.04 bits per heavy atom. The molecule has 5 nitrogen and oxygen atoms in total. The van der Waals surface area contributed by atoms with Gasteiger partial charge in [-0.1, -0.05) is 11.6 Å². The zero-order valence-corrected chi connectivity index (χ0v) is 14.8. The Morgan fingerprint density at radius 3 is 2.67 bits per heavy atom. The minimum atomic E-state index is -0.677. The predicted octanol–water partition coefficient (Wildman–Crippen LogP) is 4.21. The van der Waals surface area contributed by atoms with Gasteiger partial charge in [0.25, 0.3) is 0 Å². The molecule has 1 atom stereocenters. The van der Waals surface area contributed by atoms with Gasteiger partial charge in [0.2, 0.25) is 5.91 Å². The van der Waals surface area contributed by atoms with Crippen molar-refractivity contribution in [3.05, 3.63) is 29.0 Å². The van der Waals surface area contributed by atoms with E-state index in [4.69, 9.17) is 16.3 Å². The predicted molar refractivity (Wildman–Crippen MR) is 90.6 cm³/mol. The monoisotopic (exact) mass is 356 g/mol. The van der Waals surface area contributed by atoms with Crippen LogP contribution in [0, 0.1) is 5.82 Å². The summed E-state index contributed by atoms with van der Waals surface area (Å²) >= 11 is 5.71. The van der Waals surface area contributed by atoms with Gasteiger partial charge in [0.15, 0.2) is 0 Å². The molecule has 132 valence electrons. The van der Waals surface area contributed by atoms with E-state index >= 15 is 0 Å². The molecule has 2 amide bonds. The third kappa shape index (κ3) is 4.84. The molecule has 0 radical (unpaired) electrons. The third-order valence-electron chi connectivity index (χ3n) is 3.62. The second-order valence-corrected chi connectivity index (χ2v) is 7.24. The van der Waals surface area contributed by atoms with E-state index in [-0.39, 0.29) is 10.7 Å². The number of benzene rings is 1. The Morgan fingerprint density at radius 1 is 1.33 bits per heavy atom. The molecule has 0 saturated carbocycles. The van der Waals surface area contributed by atoms with Crippen LogP contribution in [-0.2, 0) is 9.53 Å². The number of likely N-dealkylation sites (tertiary alicyclic amines) is 1. The highest BCUT2D eigenvalue weighted by atomic mass is 35.5. The largest absolute Gasteiger partial charge is 0.444 e. The first-order chi connectivity index (χ1) is 11.2. The van der Waals surface area contributed by atoms with Gasteiger partial charge in [-0.2, -0.15) is 0 Å². The number of ether oxygens (including phenoxy) is 1. The molecule has 1 aromatic rings. The second-order valence-electron chi connectivity index (χ2n) is 6.80. The maximum Gasteiger partial charge on any atom is 0.410 e. The number of anilines is 1. The van der Waals surface area contributed by atoms with Crippen molar-refractivity contribution in [2.45, 2.75) is 51.7 Å². The van der Waals surface area contributed by atoms with Crippen LogP contribution in [0.25, 0.3) is 0 Å². The zero-order chi connectivity index (χ0) is 17.9. The average molecular weight is 357 g/mol. The lowest BCUT2D eigenvalue weighted by atomic mass is 10.0. The lowest BCUT2D eigenvalue weighted by Crippen LogP contribution is -2.51. The topological polar surface area (TPSA) is 58.6 Å². The van der Waals surface area contributed by atoms with E-state index < -0.39 is 29.5 Å². The fourth-order valence-corrected chi connectivity index (χ4v) is 2.71. The van der Waals surface area contributed by atoms with Gasteiger partial charge in [0.1, 0.15) is 17.5 Å². The quantitative estimate of drug-likeness (QED) is 0.863. The van der Waals surface area contributed by atoms with Crippen LogP contribution in [-0.4, -0.2) is 35.1 Å². The molecule has 1 aromatic carbocycles. The van der Waals surface area contributed by atoms with Crippen molar-refractivity contribution in [1.82, 2.24) is 4.90 Å². The number of carbonyl (C=O) groups is 2. The van der Waals surface area contributed by atoms with Crippen molar-refractivity contribution in [3.63, 3.8) is 0 Å². The lowest BCUT2D eigenvalue weighted by molar-refractivity contribution is -0.122. The van der Waals surface area contributed by atoms with Gasteiger partial charge in [-0.25, -0.2) is 9.18 Å². The van der Waals surface area contributed by atoms with Crippen LogP contribution in [0.3, 0.4) is 0 Å². The number of nitrogens with zero attached hydrogens (tertiary/aromatic N) is 1. The summed E-state index contributed by atoms with van der Waals surface area (Å²) in [6, 6.07) is 3.34.